The second-order valence-corrected chi connectivity index (χ2v) is 8.06. The number of allylic oxidation sites excluding steroid dienone is 3. The lowest BCUT2D eigenvalue weighted by Crippen LogP contribution is -3.00. The van der Waals surface area contributed by atoms with Crippen molar-refractivity contribution in [3.8, 4) is 0 Å². The van der Waals surface area contributed by atoms with Crippen LogP contribution >= 0.6 is 15.9 Å². The van der Waals surface area contributed by atoms with Crippen molar-refractivity contribution < 1.29 is 21.5 Å². The van der Waals surface area contributed by atoms with Gasteiger partial charge < -0.3 is 21.5 Å². The summed E-state index contributed by atoms with van der Waals surface area (Å²) in [5, 5.41) is 1.06. The molecule has 0 aromatic heterocycles. The van der Waals surface area contributed by atoms with E-state index in [4.69, 9.17) is 0 Å². The molecular weight excluding hydrogens is 378 g/mol. The van der Waals surface area contributed by atoms with Crippen LogP contribution in [0.15, 0.2) is 23.8 Å². The number of halogens is 2. The third kappa shape index (κ3) is 5.31. The second-order valence-electron chi connectivity index (χ2n) is 7.27. The maximum Gasteiger partial charge on any atom is 0.104 e. The number of likely N-dealkylation sites (N-methyl/N-ethyl adjacent to an activating group) is 1. The van der Waals surface area contributed by atoms with Gasteiger partial charge in [-0.3, -0.25) is 0 Å². The van der Waals surface area contributed by atoms with Crippen LogP contribution in [-0.4, -0.2) is 36.5 Å². The fourth-order valence-corrected chi connectivity index (χ4v) is 3.82. The summed E-state index contributed by atoms with van der Waals surface area (Å²) in [6, 6.07) is 0.558. The zero-order valence-corrected chi connectivity index (χ0v) is 17.1. The zero-order valence-electron chi connectivity index (χ0n) is 13.9. The molecule has 0 aromatic carbocycles. The molecule has 0 bridgehead atoms. The van der Waals surface area contributed by atoms with Gasteiger partial charge in [0, 0.05) is 5.92 Å². The highest BCUT2D eigenvalue weighted by atomic mass is 79.9. The van der Waals surface area contributed by atoms with Crippen LogP contribution in [0.3, 0.4) is 0 Å². The largest absolute Gasteiger partial charge is 1.00 e. The Balaban J connectivity index is 0.00000361. The summed E-state index contributed by atoms with van der Waals surface area (Å²) in [7, 11) is 4.62. The first-order chi connectivity index (χ1) is 8.70. The van der Waals surface area contributed by atoms with Crippen LogP contribution < -0.4 is 17.0 Å². The average Bonchev–Trinajstić information content (AvgIpc) is 2.27. The number of hydrogen-bond donors (Lipinski definition) is 0. The number of alkyl halides is 1. The molecule has 2 unspecified atom stereocenters. The summed E-state index contributed by atoms with van der Waals surface area (Å²) in [6.07, 6.45) is 9.85. The average molecular weight is 409 g/mol. The summed E-state index contributed by atoms with van der Waals surface area (Å²) < 4.78 is 1.04. The van der Waals surface area contributed by atoms with E-state index in [2.05, 4.69) is 75.9 Å². The Morgan fingerprint density at radius 2 is 2.05 bits per heavy atom. The van der Waals surface area contributed by atoms with Crippen molar-refractivity contribution in [3.63, 3.8) is 0 Å². The van der Waals surface area contributed by atoms with E-state index in [-0.39, 0.29) is 17.0 Å². The molecule has 1 aliphatic carbocycles. The molecule has 3 heteroatoms. The normalized spacial score (nSPS) is 24.1. The highest BCUT2D eigenvalue weighted by Crippen LogP contribution is 2.41. The third-order valence-corrected chi connectivity index (χ3v) is 5.29. The standard InChI is InChI=1S/C17H31BrN.BrH/c1-14-8-7-11-17(3,4)16(14)10-9-15(2)19(5,6)13-12-18;/h8-10,15-16H,7,11-13H2,1-6H3;1H/q+1;/p-1/b10-9+;. The van der Waals surface area contributed by atoms with Gasteiger partial charge in [0.15, 0.2) is 0 Å². The summed E-state index contributed by atoms with van der Waals surface area (Å²) in [5.41, 5.74) is 1.95. The molecule has 20 heavy (non-hydrogen) atoms. The quantitative estimate of drug-likeness (QED) is 0.369. The molecule has 1 nitrogen and oxygen atoms in total. The van der Waals surface area contributed by atoms with E-state index in [1.165, 1.54) is 12.8 Å². The molecule has 0 heterocycles. The first-order valence-electron chi connectivity index (χ1n) is 7.44. The van der Waals surface area contributed by atoms with Crippen LogP contribution in [0.4, 0.5) is 0 Å². The van der Waals surface area contributed by atoms with Crippen molar-refractivity contribution >= 4 is 15.9 Å². The molecule has 0 radical (unpaired) electrons. The van der Waals surface area contributed by atoms with E-state index < -0.39 is 0 Å². The number of quaternary nitrogens is 1. The van der Waals surface area contributed by atoms with Crippen molar-refractivity contribution in [2.45, 2.75) is 46.6 Å². The Kier molecular flexibility index (Phi) is 8.31. The van der Waals surface area contributed by atoms with Gasteiger partial charge >= 0.3 is 0 Å². The van der Waals surface area contributed by atoms with Crippen LogP contribution in [0.25, 0.3) is 0 Å². The van der Waals surface area contributed by atoms with E-state index in [1.807, 2.05) is 0 Å². The van der Waals surface area contributed by atoms with Gasteiger partial charge in [-0.1, -0.05) is 47.5 Å². The molecule has 1 aliphatic rings. The molecule has 0 fully saturated rings. The Bertz CT molecular complexity index is 356. The van der Waals surface area contributed by atoms with Gasteiger partial charge in [-0.15, -0.1) is 0 Å². The lowest BCUT2D eigenvalue weighted by atomic mass is 9.68. The third-order valence-electron chi connectivity index (χ3n) is 4.93. The van der Waals surface area contributed by atoms with Gasteiger partial charge in [0.05, 0.1) is 26.0 Å². The van der Waals surface area contributed by atoms with Crippen molar-refractivity contribution in [2.75, 3.05) is 26.0 Å². The van der Waals surface area contributed by atoms with Gasteiger partial charge in [-0.25, -0.2) is 0 Å². The molecule has 2 atom stereocenters. The first kappa shape index (κ1) is 20.4. The highest BCUT2D eigenvalue weighted by Gasteiger charge is 2.31. The Hall–Kier alpha value is 0.400. The first-order valence-corrected chi connectivity index (χ1v) is 8.56. The molecule has 0 N–H and O–H groups in total. The Labute approximate surface area is 145 Å². The maximum absolute atomic E-state index is 3.56. The minimum Gasteiger partial charge on any atom is -1.00 e. The zero-order chi connectivity index (χ0) is 14.7. The van der Waals surface area contributed by atoms with Gasteiger partial charge in [-0.2, -0.15) is 0 Å². The van der Waals surface area contributed by atoms with Crippen molar-refractivity contribution in [2.24, 2.45) is 11.3 Å². The molecule has 0 aromatic rings. The summed E-state index contributed by atoms with van der Waals surface area (Å²) in [4.78, 5) is 0. The molecule has 0 spiro atoms. The minimum atomic E-state index is 0. The van der Waals surface area contributed by atoms with E-state index in [0.29, 0.717) is 17.4 Å². The molecule has 0 aliphatic heterocycles. The van der Waals surface area contributed by atoms with Crippen LogP contribution in [-0.2, 0) is 0 Å². The Morgan fingerprint density at radius 1 is 1.45 bits per heavy atom. The molecule has 0 saturated carbocycles. The fraction of sp³-hybridized carbons (Fsp3) is 0.765. The lowest BCUT2D eigenvalue weighted by Gasteiger charge is -2.38. The molecular formula is C17H31Br2N. The van der Waals surface area contributed by atoms with Gasteiger partial charge in [0.2, 0.25) is 0 Å². The van der Waals surface area contributed by atoms with E-state index >= 15 is 0 Å². The van der Waals surface area contributed by atoms with Crippen LogP contribution in [0.2, 0.25) is 0 Å². The second kappa shape index (κ2) is 8.14. The summed E-state index contributed by atoms with van der Waals surface area (Å²) in [5.74, 6) is 0.604. The van der Waals surface area contributed by atoms with Gasteiger partial charge in [-0.05, 0) is 38.2 Å². The monoisotopic (exact) mass is 407 g/mol. The van der Waals surface area contributed by atoms with Crippen molar-refractivity contribution in [1.29, 1.82) is 0 Å². The Morgan fingerprint density at radius 3 is 2.55 bits per heavy atom. The molecule has 118 valence electrons. The summed E-state index contributed by atoms with van der Waals surface area (Å²) >= 11 is 3.56. The predicted octanol–water partition coefficient (Wildman–Crippen LogP) is 1.79. The van der Waals surface area contributed by atoms with E-state index in [9.17, 15) is 0 Å². The number of nitrogens with zero attached hydrogens (tertiary/aromatic N) is 1. The van der Waals surface area contributed by atoms with Crippen molar-refractivity contribution in [1.82, 2.24) is 0 Å². The summed E-state index contributed by atoms with van der Waals surface area (Å²) in [6.45, 7) is 10.6. The molecule has 1 rings (SSSR count). The van der Waals surface area contributed by atoms with E-state index in [1.54, 1.807) is 5.57 Å². The number of rotatable bonds is 5. The predicted molar refractivity (Wildman–Crippen MR) is 89.6 cm³/mol. The molecule has 0 saturated heterocycles. The number of hydrogen-bond acceptors (Lipinski definition) is 0. The van der Waals surface area contributed by atoms with E-state index in [0.717, 1.165) is 16.4 Å². The van der Waals surface area contributed by atoms with Crippen LogP contribution in [0.1, 0.15) is 40.5 Å². The highest BCUT2D eigenvalue weighted by molar-refractivity contribution is 9.09. The lowest BCUT2D eigenvalue weighted by molar-refractivity contribution is -0.903. The van der Waals surface area contributed by atoms with Crippen LogP contribution in [0, 0.1) is 11.3 Å². The topological polar surface area (TPSA) is 0 Å². The van der Waals surface area contributed by atoms with Crippen LogP contribution in [0.5, 0.6) is 0 Å². The maximum atomic E-state index is 3.56. The van der Waals surface area contributed by atoms with Crippen molar-refractivity contribution in [3.05, 3.63) is 23.8 Å². The van der Waals surface area contributed by atoms with Gasteiger partial charge in [0.1, 0.15) is 6.04 Å². The fourth-order valence-electron chi connectivity index (χ4n) is 2.91. The SMILES string of the molecule is CC1=CCCC(C)(C)C1/C=C/C(C)[N+](C)(C)CCBr.[Br-]. The smallest absolute Gasteiger partial charge is 0.104 e. The molecule has 0 amide bonds. The van der Waals surface area contributed by atoms with Gasteiger partial charge in [0.25, 0.3) is 0 Å². The minimum absolute atomic E-state index is 0.